The molecule has 1 aromatic heterocycles. The van der Waals surface area contributed by atoms with Crippen molar-refractivity contribution in [1.29, 1.82) is 0 Å². The molecule has 0 unspecified atom stereocenters. The molecule has 0 bridgehead atoms. The van der Waals surface area contributed by atoms with E-state index in [4.69, 9.17) is 0 Å². The lowest BCUT2D eigenvalue weighted by atomic mass is 9.72. The molecule has 0 saturated carbocycles. The molecule has 0 aliphatic rings. The summed E-state index contributed by atoms with van der Waals surface area (Å²) in [6.45, 7) is 9.57. The smallest absolute Gasteiger partial charge is 0.137 e. The molecule has 2 rings (SSSR count). The number of carbonyl (C=O) groups is 1. The van der Waals surface area contributed by atoms with E-state index in [9.17, 15) is 4.79 Å². The van der Waals surface area contributed by atoms with Gasteiger partial charge in [0.2, 0.25) is 0 Å². The standard InChI is InChI=1S/C14H19N3O/c1-10(18)13(2,3)14(4,5)17-12-9-7-6-8-11(12)15-16-17/h6-9H,1-5H3. The van der Waals surface area contributed by atoms with E-state index in [2.05, 4.69) is 10.3 Å². The molecule has 0 fully saturated rings. The fourth-order valence-electron chi connectivity index (χ4n) is 1.98. The number of carbonyl (C=O) groups excluding carboxylic acids is 1. The molecule has 1 heterocycles. The van der Waals surface area contributed by atoms with Crippen LogP contribution >= 0.6 is 0 Å². The Kier molecular flexibility index (Phi) is 2.76. The van der Waals surface area contributed by atoms with Gasteiger partial charge in [-0.1, -0.05) is 31.2 Å². The van der Waals surface area contributed by atoms with Gasteiger partial charge in [0, 0.05) is 5.41 Å². The first-order valence-electron chi connectivity index (χ1n) is 6.10. The lowest BCUT2D eigenvalue weighted by Gasteiger charge is -2.39. The van der Waals surface area contributed by atoms with Gasteiger partial charge in [0.25, 0.3) is 0 Å². The highest BCUT2D eigenvalue weighted by Gasteiger charge is 2.43. The number of rotatable bonds is 3. The van der Waals surface area contributed by atoms with Crippen LogP contribution in [0.2, 0.25) is 0 Å². The zero-order valence-electron chi connectivity index (χ0n) is 11.6. The highest BCUT2D eigenvalue weighted by atomic mass is 16.1. The second-order valence-electron chi connectivity index (χ2n) is 5.73. The van der Waals surface area contributed by atoms with Crippen molar-refractivity contribution in [3.05, 3.63) is 24.3 Å². The van der Waals surface area contributed by atoms with Crippen molar-refractivity contribution in [3.8, 4) is 0 Å². The summed E-state index contributed by atoms with van der Waals surface area (Å²) in [5.74, 6) is 0.145. The highest BCUT2D eigenvalue weighted by Crippen LogP contribution is 2.38. The van der Waals surface area contributed by atoms with E-state index in [-0.39, 0.29) is 5.78 Å². The molecule has 0 N–H and O–H groups in total. The number of ketones is 1. The predicted molar refractivity (Wildman–Crippen MR) is 71.3 cm³/mol. The fraction of sp³-hybridized carbons (Fsp3) is 0.500. The van der Waals surface area contributed by atoms with Crippen LogP contribution in [0.1, 0.15) is 34.6 Å². The first-order valence-corrected chi connectivity index (χ1v) is 6.10. The monoisotopic (exact) mass is 245 g/mol. The maximum absolute atomic E-state index is 11.9. The van der Waals surface area contributed by atoms with Crippen LogP contribution in [0.3, 0.4) is 0 Å². The van der Waals surface area contributed by atoms with Crippen molar-refractivity contribution < 1.29 is 4.79 Å². The van der Waals surface area contributed by atoms with Gasteiger partial charge in [0.1, 0.15) is 11.3 Å². The molecule has 0 amide bonds. The Labute approximate surface area is 107 Å². The fourth-order valence-corrected chi connectivity index (χ4v) is 1.98. The van der Waals surface area contributed by atoms with Crippen LogP contribution in [0.15, 0.2) is 24.3 Å². The van der Waals surface area contributed by atoms with Crippen molar-refractivity contribution in [3.63, 3.8) is 0 Å². The Balaban J connectivity index is 2.64. The Bertz CT molecular complexity index is 596. The summed E-state index contributed by atoms with van der Waals surface area (Å²) in [6, 6.07) is 7.80. The van der Waals surface area contributed by atoms with Crippen molar-refractivity contribution >= 4 is 16.8 Å². The van der Waals surface area contributed by atoms with Crippen molar-refractivity contribution in [2.75, 3.05) is 0 Å². The summed E-state index contributed by atoms with van der Waals surface area (Å²) in [5.41, 5.74) is 0.861. The maximum Gasteiger partial charge on any atom is 0.137 e. The van der Waals surface area contributed by atoms with Gasteiger partial charge in [0.05, 0.1) is 11.1 Å². The Morgan fingerprint density at radius 3 is 2.39 bits per heavy atom. The predicted octanol–water partition coefficient (Wildman–Crippen LogP) is 2.78. The summed E-state index contributed by atoms with van der Waals surface area (Å²) in [4.78, 5) is 11.9. The number of hydrogen-bond acceptors (Lipinski definition) is 3. The SMILES string of the molecule is CC(=O)C(C)(C)C(C)(C)n1nnc2ccccc21. The normalized spacial score (nSPS) is 12.9. The summed E-state index contributed by atoms with van der Waals surface area (Å²) < 4.78 is 1.85. The number of Topliss-reactive ketones (excluding diaryl/α,β-unsaturated/α-hetero) is 1. The lowest BCUT2D eigenvalue weighted by Crippen LogP contribution is -2.46. The summed E-state index contributed by atoms with van der Waals surface area (Å²) >= 11 is 0. The van der Waals surface area contributed by atoms with Crippen LogP contribution in [0.5, 0.6) is 0 Å². The minimum atomic E-state index is -0.510. The molecule has 0 aliphatic heterocycles. The van der Waals surface area contributed by atoms with Gasteiger partial charge in [-0.15, -0.1) is 5.10 Å². The maximum atomic E-state index is 11.9. The lowest BCUT2D eigenvalue weighted by molar-refractivity contribution is -0.130. The van der Waals surface area contributed by atoms with Crippen LogP contribution in [-0.2, 0) is 10.3 Å². The quantitative estimate of drug-likeness (QED) is 0.835. The number of benzene rings is 1. The molecule has 1 aromatic carbocycles. The molecule has 0 spiro atoms. The molecule has 0 saturated heterocycles. The Morgan fingerprint density at radius 2 is 1.78 bits per heavy atom. The first kappa shape index (κ1) is 12.7. The van der Waals surface area contributed by atoms with Crippen LogP contribution in [0, 0.1) is 5.41 Å². The Hall–Kier alpha value is -1.71. The van der Waals surface area contributed by atoms with Gasteiger partial charge in [-0.3, -0.25) is 4.79 Å². The van der Waals surface area contributed by atoms with E-state index in [0.717, 1.165) is 11.0 Å². The van der Waals surface area contributed by atoms with Crippen LogP contribution in [-0.4, -0.2) is 20.8 Å². The van der Waals surface area contributed by atoms with E-state index in [1.165, 1.54) is 0 Å². The molecule has 4 heteroatoms. The third kappa shape index (κ3) is 1.64. The van der Waals surface area contributed by atoms with E-state index >= 15 is 0 Å². The van der Waals surface area contributed by atoms with E-state index in [0.29, 0.717) is 0 Å². The summed E-state index contributed by atoms with van der Waals surface area (Å²) in [6.07, 6.45) is 0. The molecule has 96 valence electrons. The number of fused-ring (bicyclic) bond motifs is 1. The van der Waals surface area contributed by atoms with Gasteiger partial charge in [-0.05, 0) is 32.9 Å². The van der Waals surface area contributed by atoms with Crippen LogP contribution in [0.25, 0.3) is 11.0 Å². The summed E-state index contributed by atoms with van der Waals surface area (Å²) in [7, 11) is 0. The second kappa shape index (κ2) is 3.90. The first-order chi connectivity index (χ1) is 8.28. The molecular formula is C14H19N3O. The van der Waals surface area contributed by atoms with Gasteiger partial charge in [-0.2, -0.15) is 0 Å². The molecule has 0 atom stereocenters. The van der Waals surface area contributed by atoms with Gasteiger partial charge >= 0.3 is 0 Å². The van der Waals surface area contributed by atoms with Gasteiger partial charge < -0.3 is 0 Å². The largest absolute Gasteiger partial charge is 0.299 e. The van der Waals surface area contributed by atoms with E-state index < -0.39 is 11.0 Å². The number of para-hydroxylation sites is 1. The van der Waals surface area contributed by atoms with E-state index in [1.54, 1.807) is 6.92 Å². The number of hydrogen-bond donors (Lipinski definition) is 0. The number of aromatic nitrogens is 3. The molecule has 0 aliphatic carbocycles. The zero-order chi connectivity index (χ0) is 13.6. The topological polar surface area (TPSA) is 47.8 Å². The van der Waals surface area contributed by atoms with Crippen LogP contribution in [0.4, 0.5) is 0 Å². The van der Waals surface area contributed by atoms with Crippen LogP contribution < -0.4 is 0 Å². The van der Waals surface area contributed by atoms with Gasteiger partial charge in [-0.25, -0.2) is 4.68 Å². The third-order valence-electron chi connectivity index (χ3n) is 4.29. The molecule has 0 radical (unpaired) electrons. The molecule has 4 nitrogen and oxygen atoms in total. The average Bonchev–Trinajstić information content (AvgIpc) is 2.72. The summed E-state index contributed by atoms with van der Waals surface area (Å²) in [5, 5.41) is 8.39. The van der Waals surface area contributed by atoms with Crippen molar-refractivity contribution in [2.24, 2.45) is 5.41 Å². The zero-order valence-corrected chi connectivity index (χ0v) is 11.6. The minimum absolute atomic E-state index is 0.145. The average molecular weight is 245 g/mol. The molecular weight excluding hydrogens is 226 g/mol. The Morgan fingerprint density at radius 1 is 1.17 bits per heavy atom. The van der Waals surface area contributed by atoms with E-state index in [1.807, 2.05) is 56.6 Å². The van der Waals surface area contributed by atoms with Gasteiger partial charge in [0.15, 0.2) is 0 Å². The number of nitrogens with zero attached hydrogens (tertiary/aromatic N) is 3. The molecule has 2 aromatic rings. The second-order valence-corrected chi connectivity index (χ2v) is 5.73. The van der Waals surface area contributed by atoms with Crippen molar-refractivity contribution in [2.45, 2.75) is 40.2 Å². The van der Waals surface area contributed by atoms with Crippen molar-refractivity contribution in [1.82, 2.24) is 15.0 Å². The molecule has 18 heavy (non-hydrogen) atoms. The highest BCUT2D eigenvalue weighted by molar-refractivity contribution is 5.83. The minimum Gasteiger partial charge on any atom is -0.299 e. The third-order valence-corrected chi connectivity index (χ3v) is 4.29.